The van der Waals surface area contributed by atoms with Crippen LogP contribution < -0.4 is 10.1 Å². The Kier molecular flexibility index (Phi) is 5.43. The molecule has 1 aliphatic carbocycles. The number of ether oxygens (including phenoxy) is 1. The van der Waals surface area contributed by atoms with E-state index in [1.54, 1.807) is 0 Å². The molecule has 0 atom stereocenters. The molecule has 0 aliphatic heterocycles. The zero-order chi connectivity index (χ0) is 19.6. The molecule has 0 spiro atoms. The summed E-state index contributed by atoms with van der Waals surface area (Å²) in [5.74, 6) is -1.01. The van der Waals surface area contributed by atoms with Crippen LogP contribution in [0.2, 0.25) is 0 Å². The zero-order valence-electron chi connectivity index (χ0n) is 14.6. The highest BCUT2D eigenvalue weighted by Crippen LogP contribution is 2.31. The predicted molar refractivity (Wildman–Crippen MR) is 95.9 cm³/mol. The van der Waals surface area contributed by atoms with Crippen molar-refractivity contribution < 1.29 is 27.4 Å². The number of methoxy groups -OCH3 is 1. The predicted octanol–water partition coefficient (Wildman–Crippen LogP) is 2.03. The van der Waals surface area contributed by atoms with E-state index < -0.39 is 27.7 Å². The van der Waals surface area contributed by atoms with Gasteiger partial charge in [-0.2, -0.15) is 0 Å². The third-order valence-electron chi connectivity index (χ3n) is 4.41. The van der Waals surface area contributed by atoms with Crippen molar-refractivity contribution in [1.82, 2.24) is 4.98 Å². The van der Waals surface area contributed by atoms with Crippen molar-refractivity contribution in [2.24, 2.45) is 5.92 Å². The molecular weight excluding hydrogens is 375 g/mol. The minimum atomic E-state index is -3.62. The first-order chi connectivity index (χ1) is 12.8. The number of pyridine rings is 1. The number of aliphatic hydroxyl groups excluding tert-OH is 1. The number of hydrogen-bond donors (Lipinski definition) is 2. The van der Waals surface area contributed by atoms with Gasteiger partial charge in [-0.1, -0.05) is 0 Å². The van der Waals surface area contributed by atoms with Gasteiger partial charge in [0.2, 0.25) is 0 Å². The second kappa shape index (κ2) is 7.61. The van der Waals surface area contributed by atoms with Crippen LogP contribution in [0.3, 0.4) is 0 Å². The molecule has 2 N–H and O–H groups in total. The molecule has 2 aromatic rings. The van der Waals surface area contributed by atoms with Crippen molar-refractivity contribution >= 4 is 21.6 Å². The van der Waals surface area contributed by atoms with Crippen LogP contribution in [0.1, 0.15) is 23.2 Å². The third-order valence-corrected chi connectivity index (χ3v) is 6.29. The molecule has 0 radical (unpaired) electrons. The first-order valence-electron chi connectivity index (χ1n) is 8.30. The highest BCUT2D eigenvalue weighted by atomic mass is 32.2. The summed E-state index contributed by atoms with van der Waals surface area (Å²) < 4.78 is 43.3. The molecule has 9 heteroatoms. The van der Waals surface area contributed by atoms with E-state index in [4.69, 9.17) is 4.74 Å². The molecule has 1 heterocycles. The molecule has 1 aromatic heterocycles. The van der Waals surface area contributed by atoms with Crippen LogP contribution in [0.25, 0.3) is 0 Å². The molecule has 144 valence electrons. The van der Waals surface area contributed by atoms with Gasteiger partial charge in [0, 0.05) is 0 Å². The molecule has 3 rings (SSSR count). The first kappa shape index (κ1) is 19.2. The number of halogens is 1. The van der Waals surface area contributed by atoms with E-state index in [1.807, 2.05) is 0 Å². The highest BCUT2D eigenvalue weighted by Gasteiger charge is 2.32. The van der Waals surface area contributed by atoms with Gasteiger partial charge in [0.05, 0.1) is 35.6 Å². The second-order valence-electron chi connectivity index (χ2n) is 6.45. The molecular formula is C18H19FN2O5S. The Labute approximate surface area is 156 Å². The summed E-state index contributed by atoms with van der Waals surface area (Å²) in [5.41, 5.74) is 0.0262. The summed E-state index contributed by atoms with van der Waals surface area (Å²) in [5, 5.41) is 11.8. The van der Waals surface area contributed by atoms with Crippen LogP contribution in [-0.4, -0.2) is 43.4 Å². The molecule has 7 nitrogen and oxygen atoms in total. The van der Waals surface area contributed by atoms with E-state index >= 15 is 0 Å². The SMILES string of the molecule is COc1ccc(S(=O)(=O)CC2CC(O)C2)cc1C(=O)Nc1ccc(F)cn1. The largest absolute Gasteiger partial charge is 0.496 e. The maximum absolute atomic E-state index is 12.9. The van der Waals surface area contributed by atoms with E-state index in [0.29, 0.717) is 12.8 Å². The monoisotopic (exact) mass is 394 g/mol. The number of nitrogens with zero attached hydrogens (tertiary/aromatic N) is 1. The van der Waals surface area contributed by atoms with E-state index in [0.717, 1.165) is 12.3 Å². The average Bonchev–Trinajstić information content (AvgIpc) is 2.61. The summed E-state index contributed by atoms with van der Waals surface area (Å²) in [6.07, 6.45) is 1.43. The van der Waals surface area contributed by atoms with Gasteiger partial charge < -0.3 is 15.2 Å². The Balaban J connectivity index is 1.84. The van der Waals surface area contributed by atoms with Gasteiger partial charge >= 0.3 is 0 Å². The molecule has 1 amide bonds. The van der Waals surface area contributed by atoms with Gasteiger partial charge in [-0.15, -0.1) is 0 Å². The summed E-state index contributed by atoms with van der Waals surface area (Å²) in [4.78, 5) is 16.3. The third kappa shape index (κ3) is 4.42. The van der Waals surface area contributed by atoms with Crippen LogP contribution >= 0.6 is 0 Å². The Morgan fingerprint density at radius 3 is 2.67 bits per heavy atom. The van der Waals surface area contributed by atoms with Crippen LogP contribution in [0, 0.1) is 11.7 Å². The summed E-state index contributed by atoms with van der Waals surface area (Å²) in [7, 11) is -2.25. The number of amides is 1. The van der Waals surface area contributed by atoms with Crippen molar-refractivity contribution in [3.05, 3.63) is 47.9 Å². The minimum Gasteiger partial charge on any atom is -0.496 e. The van der Waals surface area contributed by atoms with E-state index in [1.165, 1.54) is 31.4 Å². The normalized spacial score (nSPS) is 19.2. The molecule has 1 aromatic carbocycles. The fraction of sp³-hybridized carbons (Fsp3) is 0.333. The average molecular weight is 394 g/mol. The topological polar surface area (TPSA) is 106 Å². The number of carbonyl (C=O) groups is 1. The number of anilines is 1. The minimum absolute atomic E-state index is 0.00176. The molecule has 27 heavy (non-hydrogen) atoms. The number of nitrogens with one attached hydrogen (secondary N) is 1. The van der Waals surface area contributed by atoms with E-state index in [2.05, 4.69) is 10.3 Å². The number of rotatable bonds is 6. The van der Waals surface area contributed by atoms with Crippen LogP contribution in [-0.2, 0) is 9.84 Å². The standard InChI is InChI=1S/C18H19FN2O5S/c1-26-16-4-3-14(27(24,25)10-11-6-13(22)7-11)8-15(16)18(23)21-17-5-2-12(19)9-20-17/h2-5,8-9,11,13,22H,6-7,10H2,1H3,(H,20,21,23). The van der Waals surface area contributed by atoms with Gasteiger partial charge in [-0.05, 0) is 49.1 Å². The number of carbonyl (C=O) groups excluding carboxylic acids is 1. The van der Waals surface area contributed by atoms with Crippen molar-refractivity contribution in [1.29, 1.82) is 0 Å². The molecule has 1 saturated carbocycles. The number of aliphatic hydroxyl groups is 1. The number of benzene rings is 1. The molecule has 0 bridgehead atoms. The van der Waals surface area contributed by atoms with Crippen LogP contribution in [0.5, 0.6) is 5.75 Å². The first-order valence-corrected chi connectivity index (χ1v) is 9.95. The molecule has 1 aliphatic rings. The lowest BCUT2D eigenvalue weighted by molar-refractivity contribution is 0.0526. The van der Waals surface area contributed by atoms with Gasteiger partial charge in [0.25, 0.3) is 5.91 Å². The van der Waals surface area contributed by atoms with Crippen molar-refractivity contribution in [2.45, 2.75) is 23.8 Å². The summed E-state index contributed by atoms with van der Waals surface area (Å²) in [6.45, 7) is 0. The lowest BCUT2D eigenvalue weighted by atomic mass is 9.84. The van der Waals surface area contributed by atoms with E-state index in [-0.39, 0.29) is 33.7 Å². The second-order valence-corrected chi connectivity index (χ2v) is 8.48. The van der Waals surface area contributed by atoms with Gasteiger partial charge in [-0.3, -0.25) is 4.79 Å². The van der Waals surface area contributed by atoms with Crippen molar-refractivity contribution in [2.75, 3.05) is 18.2 Å². The lowest BCUT2D eigenvalue weighted by Crippen LogP contribution is -2.33. The molecule has 1 fully saturated rings. The number of hydrogen-bond acceptors (Lipinski definition) is 6. The van der Waals surface area contributed by atoms with Crippen LogP contribution in [0.15, 0.2) is 41.4 Å². The fourth-order valence-electron chi connectivity index (χ4n) is 2.93. The lowest BCUT2D eigenvalue weighted by Gasteiger charge is -2.30. The fourth-order valence-corrected chi connectivity index (χ4v) is 4.59. The quantitative estimate of drug-likeness (QED) is 0.777. The van der Waals surface area contributed by atoms with Gasteiger partial charge in [-0.25, -0.2) is 17.8 Å². The number of sulfone groups is 1. The summed E-state index contributed by atoms with van der Waals surface area (Å²) >= 11 is 0. The number of aromatic nitrogens is 1. The maximum Gasteiger partial charge on any atom is 0.260 e. The Morgan fingerprint density at radius 1 is 1.33 bits per heavy atom. The van der Waals surface area contributed by atoms with Crippen molar-refractivity contribution in [3.8, 4) is 5.75 Å². The molecule has 0 unspecified atom stereocenters. The Morgan fingerprint density at radius 2 is 2.07 bits per heavy atom. The van der Waals surface area contributed by atoms with Crippen molar-refractivity contribution in [3.63, 3.8) is 0 Å². The summed E-state index contributed by atoms with van der Waals surface area (Å²) in [6, 6.07) is 6.49. The highest BCUT2D eigenvalue weighted by molar-refractivity contribution is 7.91. The Hall–Kier alpha value is -2.52. The van der Waals surface area contributed by atoms with Gasteiger partial charge in [0.1, 0.15) is 17.4 Å². The molecule has 0 saturated heterocycles. The van der Waals surface area contributed by atoms with Gasteiger partial charge in [0.15, 0.2) is 9.84 Å². The van der Waals surface area contributed by atoms with E-state index in [9.17, 15) is 22.7 Å². The maximum atomic E-state index is 12.9. The Bertz CT molecular complexity index is 941. The smallest absolute Gasteiger partial charge is 0.260 e. The van der Waals surface area contributed by atoms with Crippen LogP contribution in [0.4, 0.5) is 10.2 Å². The zero-order valence-corrected chi connectivity index (χ0v) is 15.4.